The second-order valence-corrected chi connectivity index (χ2v) is 7.39. The molecule has 4 N–H and O–H groups in total. The number of fused-ring (bicyclic) bond motifs is 1. The Kier molecular flexibility index (Phi) is 5.84. The summed E-state index contributed by atoms with van der Waals surface area (Å²) in [6.45, 7) is 0. The average molecular weight is 398 g/mol. The first-order chi connectivity index (χ1) is 14.2. The number of rotatable bonds is 5. The van der Waals surface area contributed by atoms with Crippen LogP contribution in [0.3, 0.4) is 0 Å². The molecule has 0 aromatic heterocycles. The van der Waals surface area contributed by atoms with Crippen molar-refractivity contribution in [1.82, 2.24) is 5.32 Å². The van der Waals surface area contributed by atoms with Gasteiger partial charge in [-0.05, 0) is 46.2 Å². The van der Waals surface area contributed by atoms with E-state index in [1.54, 1.807) is 0 Å². The predicted octanol–water partition coefficient (Wildman–Crippen LogP) is 5.57. The molecular formula is C25H23N3S. The lowest BCUT2D eigenvalue weighted by atomic mass is 9.94. The fourth-order valence-corrected chi connectivity index (χ4v) is 3.73. The molecule has 0 radical (unpaired) electrons. The lowest BCUT2D eigenvalue weighted by Crippen LogP contribution is -2.38. The summed E-state index contributed by atoms with van der Waals surface area (Å²) in [6, 6.07) is 34.3. The van der Waals surface area contributed by atoms with Gasteiger partial charge < -0.3 is 16.4 Å². The van der Waals surface area contributed by atoms with E-state index in [2.05, 4.69) is 47.0 Å². The third-order valence-corrected chi connectivity index (χ3v) is 5.22. The van der Waals surface area contributed by atoms with Crippen LogP contribution in [0, 0.1) is 0 Å². The van der Waals surface area contributed by atoms with Gasteiger partial charge in [0.1, 0.15) is 0 Å². The first-order valence-electron chi connectivity index (χ1n) is 9.62. The summed E-state index contributed by atoms with van der Waals surface area (Å²) in [7, 11) is 0. The second-order valence-electron chi connectivity index (χ2n) is 6.99. The topological polar surface area (TPSA) is 50.1 Å². The first-order valence-corrected chi connectivity index (χ1v) is 10.0. The van der Waals surface area contributed by atoms with E-state index in [9.17, 15) is 0 Å². The van der Waals surface area contributed by atoms with Crippen LogP contribution >= 0.6 is 12.2 Å². The summed E-state index contributed by atoms with van der Waals surface area (Å²) in [4.78, 5) is 0. The van der Waals surface area contributed by atoms with E-state index in [1.807, 2.05) is 66.7 Å². The zero-order valence-electron chi connectivity index (χ0n) is 16.0. The quantitative estimate of drug-likeness (QED) is 0.386. The highest BCUT2D eigenvalue weighted by Crippen LogP contribution is 2.27. The molecule has 0 aliphatic carbocycles. The molecule has 0 amide bonds. The number of thiocarbonyl (C=S) groups is 1. The van der Waals surface area contributed by atoms with Crippen molar-refractivity contribution in [2.45, 2.75) is 12.1 Å². The fraction of sp³-hybridized carbons (Fsp3) is 0.0800. The van der Waals surface area contributed by atoms with Gasteiger partial charge in [0.25, 0.3) is 0 Å². The van der Waals surface area contributed by atoms with Crippen molar-refractivity contribution in [2.24, 2.45) is 5.73 Å². The van der Waals surface area contributed by atoms with Gasteiger partial charge in [-0.3, -0.25) is 0 Å². The lowest BCUT2D eigenvalue weighted by Gasteiger charge is -2.27. The van der Waals surface area contributed by atoms with Crippen LogP contribution in [-0.2, 0) is 0 Å². The first kappa shape index (κ1) is 19.1. The number of benzene rings is 4. The zero-order chi connectivity index (χ0) is 20.1. The van der Waals surface area contributed by atoms with Crippen LogP contribution in [0.4, 0.5) is 5.69 Å². The van der Waals surface area contributed by atoms with Crippen LogP contribution in [0.1, 0.15) is 23.2 Å². The largest absolute Gasteiger partial charge is 0.354 e. The van der Waals surface area contributed by atoms with Gasteiger partial charge in [-0.15, -0.1) is 0 Å². The van der Waals surface area contributed by atoms with Gasteiger partial charge in [-0.25, -0.2) is 0 Å². The lowest BCUT2D eigenvalue weighted by molar-refractivity contribution is 0.527. The van der Waals surface area contributed by atoms with Crippen molar-refractivity contribution in [3.05, 3.63) is 114 Å². The Balaban J connectivity index is 1.55. The summed E-state index contributed by atoms with van der Waals surface area (Å²) in [5, 5.41) is 9.64. The maximum absolute atomic E-state index is 6.64. The smallest absolute Gasteiger partial charge is 0.171 e. The molecule has 0 spiro atoms. The van der Waals surface area contributed by atoms with E-state index < -0.39 is 0 Å². The average Bonchev–Trinajstić information content (AvgIpc) is 2.78. The van der Waals surface area contributed by atoms with Crippen LogP contribution in [0.2, 0.25) is 0 Å². The standard InChI is InChI=1S/C25H23N3S/c26-23(19-10-3-1-4-11-19)24(20-12-5-2-6-13-20)28-25(29)27-22-16-15-18-9-7-8-14-21(18)17-22/h1-17,23-24H,26H2,(H2,27,28,29)/t23-,24-/m0/s1. The van der Waals surface area contributed by atoms with E-state index in [1.165, 1.54) is 10.8 Å². The van der Waals surface area contributed by atoms with Gasteiger partial charge in [-0.1, -0.05) is 91.0 Å². The van der Waals surface area contributed by atoms with Crippen LogP contribution < -0.4 is 16.4 Å². The SMILES string of the molecule is N[C@@H](c1ccccc1)[C@@H](NC(=S)Nc1ccc2ccccc2c1)c1ccccc1. The van der Waals surface area contributed by atoms with Crippen LogP contribution in [0.15, 0.2) is 103 Å². The molecule has 2 atom stereocenters. The van der Waals surface area contributed by atoms with Crippen molar-refractivity contribution in [2.75, 3.05) is 5.32 Å². The van der Waals surface area contributed by atoms with Crippen molar-refractivity contribution in [1.29, 1.82) is 0 Å². The Morgan fingerprint density at radius 1 is 0.690 bits per heavy atom. The zero-order valence-corrected chi connectivity index (χ0v) is 16.8. The number of hydrogen-bond acceptors (Lipinski definition) is 2. The van der Waals surface area contributed by atoms with E-state index >= 15 is 0 Å². The van der Waals surface area contributed by atoms with Gasteiger partial charge in [0.2, 0.25) is 0 Å². The third kappa shape index (κ3) is 4.62. The summed E-state index contributed by atoms with van der Waals surface area (Å²) < 4.78 is 0. The normalized spacial score (nSPS) is 12.9. The molecule has 4 aromatic rings. The monoisotopic (exact) mass is 397 g/mol. The summed E-state index contributed by atoms with van der Waals surface area (Å²) in [6.07, 6.45) is 0. The molecule has 3 nitrogen and oxygen atoms in total. The Morgan fingerprint density at radius 3 is 1.97 bits per heavy atom. The highest BCUT2D eigenvalue weighted by Gasteiger charge is 2.22. The van der Waals surface area contributed by atoms with Gasteiger partial charge >= 0.3 is 0 Å². The minimum absolute atomic E-state index is 0.154. The molecule has 4 aromatic carbocycles. The summed E-state index contributed by atoms with van der Waals surface area (Å²) in [5.74, 6) is 0. The van der Waals surface area contributed by atoms with Crippen LogP contribution in [0.5, 0.6) is 0 Å². The summed E-state index contributed by atoms with van der Waals surface area (Å²) in [5.41, 5.74) is 9.73. The predicted molar refractivity (Wildman–Crippen MR) is 126 cm³/mol. The van der Waals surface area contributed by atoms with Crippen molar-refractivity contribution < 1.29 is 0 Å². The highest BCUT2D eigenvalue weighted by molar-refractivity contribution is 7.80. The molecule has 29 heavy (non-hydrogen) atoms. The van der Waals surface area contributed by atoms with Crippen molar-refractivity contribution >= 4 is 33.8 Å². The minimum atomic E-state index is -0.241. The number of nitrogens with two attached hydrogens (primary N) is 1. The van der Waals surface area contributed by atoms with Gasteiger partial charge in [0.15, 0.2) is 5.11 Å². The fourth-order valence-electron chi connectivity index (χ4n) is 3.48. The van der Waals surface area contributed by atoms with Crippen molar-refractivity contribution in [3.8, 4) is 0 Å². The van der Waals surface area contributed by atoms with E-state index in [0.29, 0.717) is 5.11 Å². The summed E-state index contributed by atoms with van der Waals surface area (Å²) >= 11 is 5.63. The van der Waals surface area contributed by atoms with Gasteiger partial charge in [0.05, 0.1) is 12.1 Å². The van der Waals surface area contributed by atoms with Crippen LogP contribution in [0.25, 0.3) is 10.8 Å². The molecule has 4 heteroatoms. The maximum atomic E-state index is 6.64. The van der Waals surface area contributed by atoms with Crippen molar-refractivity contribution in [3.63, 3.8) is 0 Å². The van der Waals surface area contributed by atoms with Crippen LogP contribution in [-0.4, -0.2) is 5.11 Å². The molecular weight excluding hydrogens is 374 g/mol. The molecule has 0 aliphatic heterocycles. The molecule has 4 rings (SSSR count). The molecule has 0 unspecified atom stereocenters. The third-order valence-electron chi connectivity index (χ3n) is 5.00. The number of anilines is 1. The van der Waals surface area contributed by atoms with E-state index in [-0.39, 0.29) is 12.1 Å². The second kappa shape index (κ2) is 8.86. The number of hydrogen-bond donors (Lipinski definition) is 3. The molecule has 144 valence electrons. The molecule has 0 saturated carbocycles. The van der Waals surface area contributed by atoms with Gasteiger partial charge in [0, 0.05) is 5.69 Å². The Bertz CT molecular complexity index is 1100. The Hall–Kier alpha value is -3.21. The van der Waals surface area contributed by atoms with E-state index in [4.69, 9.17) is 18.0 Å². The molecule has 0 saturated heterocycles. The highest BCUT2D eigenvalue weighted by atomic mass is 32.1. The Labute approximate surface area is 176 Å². The van der Waals surface area contributed by atoms with E-state index in [0.717, 1.165) is 16.8 Å². The number of nitrogens with one attached hydrogen (secondary N) is 2. The van der Waals surface area contributed by atoms with Gasteiger partial charge in [-0.2, -0.15) is 0 Å². The molecule has 0 bridgehead atoms. The molecule has 0 fully saturated rings. The maximum Gasteiger partial charge on any atom is 0.171 e. The Morgan fingerprint density at radius 2 is 1.28 bits per heavy atom. The molecule has 0 aliphatic rings. The molecule has 0 heterocycles. The minimum Gasteiger partial charge on any atom is -0.354 e.